The van der Waals surface area contributed by atoms with Gasteiger partial charge in [0.2, 0.25) is 15.1 Å². The predicted octanol–water partition coefficient (Wildman–Crippen LogP) is 5.48. The summed E-state index contributed by atoms with van der Waals surface area (Å²) in [6.45, 7) is 0.517. The van der Waals surface area contributed by atoms with Crippen LogP contribution >= 0.6 is 11.8 Å². The highest BCUT2D eigenvalue weighted by atomic mass is 32.2. The van der Waals surface area contributed by atoms with Crippen LogP contribution in [0.25, 0.3) is 10.8 Å². The predicted molar refractivity (Wildman–Crippen MR) is 123 cm³/mol. The van der Waals surface area contributed by atoms with Crippen molar-refractivity contribution in [1.29, 1.82) is 0 Å². The minimum Gasteiger partial charge on any atom is -0.281 e. The van der Waals surface area contributed by atoms with E-state index < -0.39 is 10.0 Å². The molecule has 4 nitrogen and oxygen atoms in total. The first-order valence-corrected chi connectivity index (χ1v) is 12.2. The lowest BCUT2D eigenvalue weighted by Crippen LogP contribution is -2.30. The normalized spacial score (nSPS) is 13.3. The van der Waals surface area contributed by atoms with Crippen LogP contribution in [0.15, 0.2) is 101 Å². The van der Waals surface area contributed by atoms with Crippen LogP contribution in [0.4, 0.5) is 0 Å². The van der Waals surface area contributed by atoms with Crippen molar-refractivity contribution in [3.63, 3.8) is 0 Å². The number of hydrogen-bond acceptors (Lipinski definition) is 4. The van der Waals surface area contributed by atoms with Crippen molar-refractivity contribution < 1.29 is 13.2 Å². The van der Waals surface area contributed by atoms with Gasteiger partial charge in [0, 0.05) is 34.3 Å². The molecule has 0 saturated heterocycles. The number of sulfonamides is 1. The molecule has 0 N–H and O–H groups in total. The molecule has 0 fully saturated rings. The second kappa shape index (κ2) is 7.96. The molecule has 4 aromatic carbocycles. The highest BCUT2D eigenvalue weighted by Crippen LogP contribution is 2.43. The molecular formula is C25H19NO3S2. The van der Waals surface area contributed by atoms with Gasteiger partial charge in [-0.25, -0.2) is 8.42 Å². The second-order valence-electron chi connectivity index (χ2n) is 7.42. The fourth-order valence-corrected chi connectivity index (χ4v) is 6.46. The van der Waals surface area contributed by atoms with Gasteiger partial charge in [0.15, 0.2) is 0 Å². The molecule has 4 aromatic rings. The summed E-state index contributed by atoms with van der Waals surface area (Å²) in [6, 6.07) is 27.8. The van der Waals surface area contributed by atoms with Gasteiger partial charge in [-0.3, -0.25) is 4.79 Å². The standard InChI is InChI=1S/C25H19NO3S2/c27-25-21-13-7-12-20-23(15-14-22(30-25)24(20)21)31(28,29)26(16-18-8-3-1-4-9-18)17-19-10-5-2-6-11-19/h1-15H,16-17H2. The van der Waals surface area contributed by atoms with E-state index in [1.807, 2.05) is 60.7 Å². The summed E-state index contributed by atoms with van der Waals surface area (Å²) >= 11 is 1.16. The summed E-state index contributed by atoms with van der Waals surface area (Å²) in [7, 11) is -3.83. The number of benzene rings is 4. The smallest absolute Gasteiger partial charge is 0.244 e. The van der Waals surface area contributed by atoms with Crippen molar-refractivity contribution in [2.45, 2.75) is 22.9 Å². The Kier molecular flexibility index (Phi) is 5.14. The number of thioether (sulfide) groups is 1. The van der Waals surface area contributed by atoms with E-state index in [2.05, 4.69) is 0 Å². The first-order valence-electron chi connectivity index (χ1n) is 9.90. The minimum absolute atomic E-state index is 0.0411. The Morgan fingerprint density at radius 3 is 1.94 bits per heavy atom. The van der Waals surface area contributed by atoms with Crippen LogP contribution in [0.1, 0.15) is 21.5 Å². The molecule has 0 radical (unpaired) electrons. The van der Waals surface area contributed by atoms with E-state index in [1.54, 1.807) is 30.3 Å². The van der Waals surface area contributed by atoms with Gasteiger partial charge < -0.3 is 0 Å². The van der Waals surface area contributed by atoms with Gasteiger partial charge in [0.05, 0.1) is 4.90 Å². The Morgan fingerprint density at radius 2 is 1.32 bits per heavy atom. The van der Waals surface area contributed by atoms with Crippen LogP contribution in [-0.4, -0.2) is 17.8 Å². The molecule has 0 atom stereocenters. The van der Waals surface area contributed by atoms with Crippen LogP contribution in [-0.2, 0) is 23.1 Å². The van der Waals surface area contributed by atoms with Gasteiger partial charge in [-0.15, -0.1) is 0 Å². The Balaban J connectivity index is 1.64. The quantitative estimate of drug-likeness (QED) is 0.395. The van der Waals surface area contributed by atoms with Crippen molar-refractivity contribution >= 4 is 37.7 Å². The molecule has 0 amide bonds. The molecule has 0 bridgehead atoms. The van der Waals surface area contributed by atoms with E-state index in [0.29, 0.717) is 10.9 Å². The molecule has 31 heavy (non-hydrogen) atoms. The van der Waals surface area contributed by atoms with Crippen molar-refractivity contribution in [1.82, 2.24) is 4.31 Å². The van der Waals surface area contributed by atoms with E-state index in [0.717, 1.165) is 33.2 Å². The van der Waals surface area contributed by atoms with E-state index in [-0.39, 0.29) is 23.1 Å². The van der Waals surface area contributed by atoms with Gasteiger partial charge in [-0.1, -0.05) is 72.8 Å². The first kappa shape index (κ1) is 20.0. The van der Waals surface area contributed by atoms with Crippen molar-refractivity contribution in [3.05, 3.63) is 108 Å². The van der Waals surface area contributed by atoms with Crippen molar-refractivity contribution in [2.24, 2.45) is 0 Å². The number of rotatable bonds is 6. The Labute approximate surface area is 185 Å². The van der Waals surface area contributed by atoms with Crippen molar-refractivity contribution in [3.8, 4) is 0 Å². The molecular weight excluding hydrogens is 426 g/mol. The number of carbonyl (C=O) groups excluding carboxylic acids is 1. The van der Waals surface area contributed by atoms with E-state index in [1.165, 1.54) is 4.31 Å². The zero-order chi connectivity index (χ0) is 21.4. The Hall–Kier alpha value is -2.93. The number of carbonyl (C=O) groups is 1. The fourth-order valence-electron chi connectivity index (χ4n) is 3.92. The fraction of sp³-hybridized carbons (Fsp3) is 0.0800. The third-order valence-electron chi connectivity index (χ3n) is 5.41. The summed E-state index contributed by atoms with van der Waals surface area (Å²) in [4.78, 5) is 13.4. The maximum atomic E-state index is 13.9. The molecule has 1 aliphatic rings. The zero-order valence-corrected chi connectivity index (χ0v) is 18.2. The molecule has 0 saturated carbocycles. The van der Waals surface area contributed by atoms with E-state index >= 15 is 0 Å². The highest BCUT2D eigenvalue weighted by molar-refractivity contribution is 8.14. The molecule has 0 aromatic heterocycles. The molecule has 0 unspecified atom stereocenters. The van der Waals surface area contributed by atoms with E-state index in [9.17, 15) is 13.2 Å². The van der Waals surface area contributed by atoms with Crippen LogP contribution < -0.4 is 0 Å². The highest BCUT2D eigenvalue weighted by Gasteiger charge is 2.31. The maximum absolute atomic E-state index is 13.9. The summed E-state index contributed by atoms with van der Waals surface area (Å²) in [5.74, 6) is 0. The van der Waals surface area contributed by atoms with E-state index in [4.69, 9.17) is 0 Å². The minimum atomic E-state index is -3.83. The molecule has 1 aliphatic heterocycles. The summed E-state index contributed by atoms with van der Waals surface area (Å²) < 4.78 is 29.3. The lowest BCUT2D eigenvalue weighted by Gasteiger charge is -2.23. The SMILES string of the molecule is O=C1Sc2ccc(S(=O)(=O)N(Cc3ccccc3)Cc3ccccc3)c3cccc1c23. The largest absolute Gasteiger partial charge is 0.281 e. The molecule has 154 valence electrons. The summed E-state index contributed by atoms with van der Waals surface area (Å²) in [5, 5.41) is 1.29. The van der Waals surface area contributed by atoms with Crippen LogP contribution in [0.5, 0.6) is 0 Å². The Bertz CT molecular complexity index is 1340. The molecule has 0 spiro atoms. The van der Waals surface area contributed by atoms with Gasteiger partial charge in [-0.2, -0.15) is 4.31 Å². The number of nitrogens with zero attached hydrogens (tertiary/aromatic N) is 1. The third kappa shape index (κ3) is 3.67. The lowest BCUT2D eigenvalue weighted by molar-refractivity contribution is 0.109. The molecule has 6 heteroatoms. The molecule has 5 rings (SSSR count). The topological polar surface area (TPSA) is 54.5 Å². The third-order valence-corrected chi connectivity index (χ3v) is 8.22. The maximum Gasteiger partial charge on any atom is 0.244 e. The van der Waals surface area contributed by atoms with Gasteiger partial charge in [0.25, 0.3) is 0 Å². The van der Waals surface area contributed by atoms with Gasteiger partial charge in [-0.05, 0) is 41.1 Å². The Morgan fingerprint density at radius 1 is 0.710 bits per heavy atom. The zero-order valence-electron chi connectivity index (χ0n) is 16.6. The van der Waals surface area contributed by atoms with Crippen LogP contribution in [0.3, 0.4) is 0 Å². The van der Waals surface area contributed by atoms with Gasteiger partial charge in [0.1, 0.15) is 0 Å². The average molecular weight is 446 g/mol. The van der Waals surface area contributed by atoms with Gasteiger partial charge >= 0.3 is 0 Å². The number of hydrogen-bond donors (Lipinski definition) is 0. The van der Waals surface area contributed by atoms with Crippen LogP contribution in [0.2, 0.25) is 0 Å². The molecule has 0 aliphatic carbocycles. The monoisotopic (exact) mass is 445 g/mol. The second-order valence-corrected chi connectivity index (χ2v) is 10.3. The first-order chi connectivity index (χ1) is 15.0. The summed E-state index contributed by atoms with van der Waals surface area (Å²) in [6.07, 6.45) is 0. The summed E-state index contributed by atoms with van der Waals surface area (Å²) in [5.41, 5.74) is 2.41. The van der Waals surface area contributed by atoms with Crippen LogP contribution in [0, 0.1) is 0 Å². The molecule has 1 heterocycles. The van der Waals surface area contributed by atoms with Crippen molar-refractivity contribution in [2.75, 3.05) is 0 Å². The lowest BCUT2D eigenvalue weighted by atomic mass is 10.1. The average Bonchev–Trinajstić information content (AvgIpc) is 3.12.